The van der Waals surface area contributed by atoms with Gasteiger partial charge in [0.05, 0.1) is 6.61 Å². The zero-order valence-corrected chi connectivity index (χ0v) is 14.3. The number of rotatable bonds is 8. The van der Waals surface area contributed by atoms with E-state index in [1.165, 1.54) is 6.92 Å². The molecule has 6 heteroatoms. The molecule has 0 atom stereocenters. The molecule has 0 bridgehead atoms. The van der Waals surface area contributed by atoms with Crippen LogP contribution in [0.2, 0.25) is 0 Å². The van der Waals surface area contributed by atoms with Gasteiger partial charge in [-0.15, -0.1) is 0 Å². The van der Waals surface area contributed by atoms with Gasteiger partial charge >= 0.3 is 5.97 Å². The van der Waals surface area contributed by atoms with Crippen LogP contribution in [0.25, 0.3) is 0 Å². The van der Waals surface area contributed by atoms with E-state index in [-0.39, 0.29) is 30.6 Å². The fourth-order valence-corrected chi connectivity index (χ4v) is 1.73. The summed E-state index contributed by atoms with van der Waals surface area (Å²) in [6.45, 7) is 9.01. The van der Waals surface area contributed by atoms with Crippen molar-refractivity contribution >= 4 is 17.6 Å². The number of amides is 1. The summed E-state index contributed by atoms with van der Waals surface area (Å²) in [5, 5.41) is 6.03. The summed E-state index contributed by atoms with van der Waals surface area (Å²) in [7, 11) is 0. The summed E-state index contributed by atoms with van der Waals surface area (Å²) in [4.78, 5) is 22.5. The highest BCUT2D eigenvalue weighted by atomic mass is 16.5. The van der Waals surface area contributed by atoms with E-state index in [0.717, 1.165) is 5.56 Å². The third kappa shape index (κ3) is 9.65. The van der Waals surface area contributed by atoms with E-state index in [1.807, 2.05) is 0 Å². The lowest BCUT2D eigenvalue weighted by Crippen LogP contribution is -2.38. The summed E-state index contributed by atoms with van der Waals surface area (Å²) in [6, 6.07) is 7.12. The van der Waals surface area contributed by atoms with Crippen molar-refractivity contribution in [3.63, 3.8) is 0 Å². The summed E-state index contributed by atoms with van der Waals surface area (Å²) in [5.41, 5.74) is 1.58. The standard InChI is InChI=1S/C17H26N2O4/c1-13(20)23-11-14-5-7-15(8-6-14)19-16(21)12-22-10-9-18-17(2,3)4/h5-8,18H,9-12H2,1-4H3,(H,19,21). The normalized spacial score (nSPS) is 11.1. The number of carbonyl (C=O) groups is 2. The molecule has 0 heterocycles. The van der Waals surface area contributed by atoms with Gasteiger partial charge in [-0.2, -0.15) is 0 Å². The first-order valence-electron chi connectivity index (χ1n) is 7.61. The van der Waals surface area contributed by atoms with Crippen LogP contribution in [-0.4, -0.2) is 37.2 Å². The van der Waals surface area contributed by atoms with Crippen LogP contribution in [0.15, 0.2) is 24.3 Å². The van der Waals surface area contributed by atoms with E-state index in [0.29, 0.717) is 18.8 Å². The van der Waals surface area contributed by atoms with Crippen molar-refractivity contribution in [3.8, 4) is 0 Å². The Morgan fingerprint density at radius 3 is 2.35 bits per heavy atom. The van der Waals surface area contributed by atoms with Gasteiger partial charge in [-0.1, -0.05) is 12.1 Å². The monoisotopic (exact) mass is 322 g/mol. The molecule has 0 aliphatic heterocycles. The van der Waals surface area contributed by atoms with Gasteiger partial charge in [-0.3, -0.25) is 9.59 Å². The van der Waals surface area contributed by atoms with Crippen molar-refractivity contribution in [2.75, 3.05) is 25.1 Å². The lowest BCUT2D eigenvalue weighted by molar-refractivity contribution is -0.142. The van der Waals surface area contributed by atoms with Crippen molar-refractivity contribution in [1.29, 1.82) is 0 Å². The molecular weight excluding hydrogens is 296 g/mol. The van der Waals surface area contributed by atoms with E-state index in [1.54, 1.807) is 24.3 Å². The highest BCUT2D eigenvalue weighted by Crippen LogP contribution is 2.10. The Balaban J connectivity index is 2.25. The predicted octanol–water partition coefficient (Wildman–Crippen LogP) is 2.09. The Kier molecular flexibility index (Phi) is 7.71. The lowest BCUT2D eigenvalue weighted by atomic mass is 10.1. The second kappa shape index (κ2) is 9.27. The van der Waals surface area contributed by atoms with E-state index in [2.05, 4.69) is 31.4 Å². The number of hydrogen-bond donors (Lipinski definition) is 2. The Bertz CT molecular complexity index is 506. The molecular formula is C17H26N2O4. The number of ether oxygens (including phenoxy) is 2. The lowest BCUT2D eigenvalue weighted by Gasteiger charge is -2.20. The molecule has 1 aromatic rings. The summed E-state index contributed by atoms with van der Waals surface area (Å²) in [5.74, 6) is -0.519. The van der Waals surface area contributed by atoms with Gasteiger partial charge < -0.3 is 20.1 Å². The molecule has 0 saturated heterocycles. The van der Waals surface area contributed by atoms with Crippen LogP contribution in [0.1, 0.15) is 33.3 Å². The van der Waals surface area contributed by atoms with Crippen LogP contribution in [0, 0.1) is 0 Å². The van der Waals surface area contributed by atoms with Crippen LogP contribution in [0.4, 0.5) is 5.69 Å². The number of esters is 1. The Morgan fingerprint density at radius 2 is 1.78 bits per heavy atom. The molecule has 0 aromatic heterocycles. The van der Waals surface area contributed by atoms with Gasteiger partial charge in [0.2, 0.25) is 5.91 Å². The van der Waals surface area contributed by atoms with Crippen LogP contribution < -0.4 is 10.6 Å². The summed E-state index contributed by atoms with van der Waals surface area (Å²) < 4.78 is 10.2. The maximum absolute atomic E-state index is 11.7. The van der Waals surface area contributed by atoms with Gasteiger partial charge in [0, 0.05) is 24.7 Å². The molecule has 128 valence electrons. The SMILES string of the molecule is CC(=O)OCc1ccc(NC(=O)COCCNC(C)(C)C)cc1. The minimum atomic E-state index is -0.319. The Morgan fingerprint density at radius 1 is 1.13 bits per heavy atom. The Hall–Kier alpha value is -1.92. The molecule has 1 amide bonds. The van der Waals surface area contributed by atoms with Crippen molar-refractivity contribution in [2.45, 2.75) is 39.8 Å². The van der Waals surface area contributed by atoms with Gasteiger partial charge in [-0.05, 0) is 38.5 Å². The van der Waals surface area contributed by atoms with E-state index < -0.39 is 0 Å². The highest BCUT2D eigenvalue weighted by Gasteiger charge is 2.08. The van der Waals surface area contributed by atoms with Crippen molar-refractivity contribution in [2.24, 2.45) is 0 Å². The average Bonchev–Trinajstić information content (AvgIpc) is 2.45. The molecule has 1 rings (SSSR count). The molecule has 0 radical (unpaired) electrons. The van der Waals surface area contributed by atoms with Crippen molar-refractivity contribution in [1.82, 2.24) is 5.32 Å². The van der Waals surface area contributed by atoms with Crippen molar-refractivity contribution in [3.05, 3.63) is 29.8 Å². The van der Waals surface area contributed by atoms with E-state index in [4.69, 9.17) is 9.47 Å². The summed E-state index contributed by atoms with van der Waals surface area (Å²) >= 11 is 0. The average molecular weight is 322 g/mol. The quantitative estimate of drug-likeness (QED) is 0.566. The molecule has 23 heavy (non-hydrogen) atoms. The van der Waals surface area contributed by atoms with Crippen LogP contribution in [-0.2, 0) is 25.7 Å². The number of nitrogens with one attached hydrogen (secondary N) is 2. The maximum atomic E-state index is 11.7. The van der Waals surface area contributed by atoms with Gasteiger partial charge in [0.1, 0.15) is 13.2 Å². The summed E-state index contributed by atoms with van der Waals surface area (Å²) in [6.07, 6.45) is 0. The van der Waals surface area contributed by atoms with Gasteiger partial charge in [0.15, 0.2) is 0 Å². The van der Waals surface area contributed by atoms with Gasteiger partial charge in [0.25, 0.3) is 0 Å². The van der Waals surface area contributed by atoms with E-state index in [9.17, 15) is 9.59 Å². The molecule has 6 nitrogen and oxygen atoms in total. The highest BCUT2D eigenvalue weighted by molar-refractivity contribution is 5.91. The molecule has 0 saturated carbocycles. The molecule has 0 aliphatic carbocycles. The fourth-order valence-electron chi connectivity index (χ4n) is 1.73. The smallest absolute Gasteiger partial charge is 0.302 e. The minimum Gasteiger partial charge on any atom is -0.461 e. The van der Waals surface area contributed by atoms with Crippen molar-refractivity contribution < 1.29 is 19.1 Å². The molecule has 0 spiro atoms. The third-order valence-electron chi connectivity index (χ3n) is 2.81. The van der Waals surface area contributed by atoms with Crippen LogP contribution in [0.5, 0.6) is 0 Å². The third-order valence-corrected chi connectivity index (χ3v) is 2.81. The first-order valence-corrected chi connectivity index (χ1v) is 7.61. The molecule has 0 unspecified atom stereocenters. The second-order valence-corrected chi connectivity index (χ2v) is 6.25. The topological polar surface area (TPSA) is 76.7 Å². The van der Waals surface area contributed by atoms with E-state index >= 15 is 0 Å². The molecule has 0 aliphatic rings. The largest absolute Gasteiger partial charge is 0.461 e. The maximum Gasteiger partial charge on any atom is 0.302 e. The fraction of sp³-hybridized carbons (Fsp3) is 0.529. The number of hydrogen-bond acceptors (Lipinski definition) is 5. The molecule has 1 aromatic carbocycles. The second-order valence-electron chi connectivity index (χ2n) is 6.25. The van der Waals surface area contributed by atoms with Gasteiger partial charge in [-0.25, -0.2) is 0 Å². The van der Waals surface area contributed by atoms with Crippen LogP contribution >= 0.6 is 0 Å². The number of carbonyl (C=O) groups excluding carboxylic acids is 2. The number of anilines is 1. The first kappa shape index (κ1) is 19.1. The zero-order chi connectivity index (χ0) is 17.3. The molecule has 0 fully saturated rings. The molecule has 2 N–H and O–H groups in total. The minimum absolute atomic E-state index is 0.0149. The zero-order valence-electron chi connectivity index (χ0n) is 14.3. The Labute approximate surface area is 137 Å². The predicted molar refractivity (Wildman–Crippen MR) is 89.1 cm³/mol. The van der Waals surface area contributed by atoms with Crippen LogP contribution in [0.3, 0.4) is 0 Å². The number of benzene rings is 1. The first-order chi connectivity index (χ1) is 10.8.